The number of benzene rings is 2. The van der Waals surface area contributed by atoms with Crippen LogP contribution in [0.4, 0.5) is 0 Å². The van der Waals surface area contributed by atoms with Crippen molar-refractivity contribution in [1.82, 2.24) is 9.62 Å². The van der Waals surface area contributed by atoms with E-state index in [4.69, 9.17) is 0 Å². The lowest BCUT2D eigenvalue weighted by Gasteiger charge is -2.23. The van der Waals surface area contributed by atoms with E-state index in [1.165, 1.54) is 7.05 Å². The average Bonchev–Trinajstić information content (AvgIpc) is 3.19. The molecular formula is C21H24N2O3S2. The number of nitrogens with zero attached hydrogens (tertiary/aromatic N) is 1. The van der Waals surface area contributed by atoms with E-state index < -0.39 is 10.0 Å². The Morgan fingerprint density at radius 1 is 1.07 bits per heavy atom. The molecule has 0 aliphatic carbocycles. The number of thiophene rings is 1. The van der Waals surface area contributed by atoms with Gasteiger partial charge in [-0.3, -0.25) is 4.79 Å². The number of hydrogen-bond acceptors (Lipinski definition) is 4. The van der Waals surface area contributed by atoms with Gasteiger partial charge >= 0.3 is 0 Å². The highest BCUT2D eigenvalue weighted by atomic mass is 32.2. The monoisotopic (exact) mass is 416 g/mol. The summed E-state index contributed by atoms with van der Waals surface area (Å²) in [7, 11) is -2.33. The number of carbonyl (C=O) groups excluding carboxylic acids is 1. The summed E-state index contributed by atoms with van der Waals surface area (Å²) in [6.07, 6.45) is 0. The molecular weight excluding hydrogens is 392 g/mol. The highest BCUT2D eigenvalue weighted by molar-refractivity contribution is 7.89. The molecule has 0 bridgehead atoms. The molecule has 0 saturated carbocycles. The standard InChI is InChI=1S/C21H24N2O3S2/c1-15(2)21(19-9-6-12-27-19)22-20(24)14-23(3)28(25,26)18-11-10-16-7-4-5-8-17(16)13-18/h4-13,15,21H,14H2,1-3H3,(H,22,24)/t21-/m0/s1. The van der Waals surface area contributed by atoms with Crippen LogP contribution in [0.1, 0.15) is 24.8 Å². The van der Waals surface area contributed by atoms with Gasteiger partial charge in [0.2, 0.25) is 15.9 Å². The molecule has 7 heteroatoms. The first-order chi connectivity index (χ1) is 13.3. The molecule has 0 spiro atoms. The van der Waals surface area contributed by atoms with E-state index in [9.17, 15) is 13.2 Å². The third-order valence-electron chi connectivity index (χ3n) is 4.63. The zero-order valence-electron chi connectivity index (χ0n) is 16.1. The number of amides is 1. The highest BCUT2D eigenvalue weighted by Gasteiger charge is 2.25. The molecule has 0 aliphatic rings. The average molecular weight is 417 g/mol. The molecule has 1 aromatic heterocycles. The van der Waals surface area contributed by atoms with Crippen molar-refractivity contribution in [3.63, 3.8) is 0 Å². The van der Waals surface area contributed by atoms with E-state index in [-0.39, 0.29) is 29.3 Å². The van der Waals surface area contributed by atoms with Crippen molar-refractivity contribution in [2.75, 3.05) is 13.6 Å². The zero-order chi connectivity index (χ0) is 20.3. The van der Waals surface area contributed by atoms with Gasteiger partial charge in [-0.1, -0.05) is 50.2 Å². The second kappa shape index (κ2) is 8.43. The number of carbonyl (C=O) groups is 1. The summed E-state index contributed by atoms with van der Waals surface area (Å²) in [4.78, 5) is 13.8. The molecule has 3 aromatic rings. The Bertz CT molecular complexity index is 1060. The largest absolute Gasteiger partial charge is 0.347 e. The van der Waals surface area contributed by atoms with Gasteiger partial charge in [0.05, 0.1) is 17.5 Å². The maximum Gasteiger partial charge on any atom is 0.243 e. The van der Waals surface area contributed by atoms with Gasteiger partial charge in [0.1, 0.15) is 0 Å². The number of rotatable bonds is 7. The smallest absolute Gasteiger partial charge is 0.243 e. The summed E-state index contributed by atoms with van der Waals surface area (Å²) in [6, 6.07) is 16.4. The molecule has 0 saturated heterocycles. The van der Waals surface area contributed by atoms with Crippen LogP contribution in [-0.2, 0) is 14.8 Å². The fourth-order valence-corrected chi connectivity index (χ4v) is 5.16. The SMILES string of the molecule is CC(C)[C@H](NC(=O)CN(C)S(=O)(=O)c1ccc2ccccc2c1)c1cccs1. The van der Waals surface area contributed by atoms with Crippen molar-refractivity contribution in [1.29, 1.82) is 0 Å². The Balaban J connectivity index is 1.74. The molecule has 5 nitrogen and oxygen atoms in total. The van der Waals surface area contributed by atoms with Crippen molar-refractivity contribution >= 4 is 38.0 Å². The van der Waals surface area contributed by atoms with E-state index >= 15 is 0 Å². The molecule has 2 aromatic carbocycles. The number of fused-ring (bicyclic) bond motifs is 1. The third kappa shape index (κ3) is 4.43. The van der Waals surface area contributed by atoms with Crippen LogP contribution in [0.2, 0.25) is 0 Å². The molecule has 0 radical (unpaired) electrons. The summed E-state index contributed by atoms with van der Waals surface area (Å²) in [5.74, 6) is -0.121. The maximum absolute atomic E-state index is 12.9. The minimum Gasteiger partial charge on any atom is -0.347 e. The highest BCUT2D eigenvalue weighted by Crippen LogP contribution is 2.26. The lowest BCUT2D eigenvalue weighted by molar-refractivity contribution is -0.122. The quantitative estimate of drug-likeness (QED) is 0.632. The van der Waals surface area contributed by atoms with Crippen molar-refractivity contribution in [2.24, 2.45) is 5.92 Å². The lowest BCUT2D eigenvalue weighted by Crippen LogP contribution is -2.40. The summed E-state index contributed by atoms with van der Waals surface area (Å²) in [5.41, 5.74) is 0. The summed E-state index contributed by atoms with van der Waals surface area (Å²) < 4.78 is 26.9. The Morgan fingerprint density at radius 3 is 2.43 bits per heavy atom. The first kappa shape index (κ1) is 20.5. The Labute approximate surface area is 170 Å². The van der Waals surface area contributed by atoms with Gasteiger partial charge in [0.25, 0.3) is 0 Å². The van der Waals surface area contributed by atoms with E-state index in [0.29, 0.717) is 0 Å². The predicted octanol–water partition coefficient (Wildman–Crippen LogP) is 4.04. The maximum atomic E-state index is 12.9. The van der Waals surface area contributed by atoms with Crippen LogP contribution in [0.25, 0.3) is 10.8 Å². The first-order valence-electron chi connectivity index (χ1n) is 9.07. The van der Waals surface area contributed by atoms with E-state index in [2.05, 4.69) is 5.32 Å². The molecule has 148 valence electrons. The number of sulfonamides is 1. The molecule has 1 amide bonds. The van der Waals surface area contributed by atoms with Crippen LogP contribution in [-0.4, -0.2) is 32.2 Å². The predicted molar refractivity (Wildman–Crippen MR) is 114 cm³/mol. The van der Waals surface area contributed by atoms with Crippen LogP contribution in [0.15, 0.2) is 64.9 Å². The van der Waals surface area contributed by atoms with Crippen LogP contribution in [0, 0.1) is 5.92 Å². The lowest BCUT2D eigenvalue weighted by atomic mass is 10.0. The summed E-state index contributed by atoms with van der Waals surface area (Å²) >= 11 is 1.58. The van der Waals surface area contributed by atoms with Crippen molar-refractivity contribution in [3.05, 3.63) is 64.9 Å². The van der Waals surface area contributed by atoms with Crippen LogP contribution in [0.5, 0.6) is 0 Å². The van der Waals surface area contributed by atoms with Gasteiger partial charge in [-0.2, -0.15) is 4.31 Å². The molecule has 1 heterocycles. The Hall–Kier alpha value is -2.22. The Morgan fingerprint density at radius 2 is 1.79 bits per heavy atom. The van der Waals surface area contributed by atoms with Crippen molar-refractivity contribution in [3.8, 4) is 0 Å². The topological polar surface area (TPSA) is 66.5 Å². The van der Waals surface area contributed by atoms with Crippen molar-refractivity contribution < 1.29 is 13.2 Å². The second-order valence-corrected chi connectivity index (χ2v) is 10.1. The van der Waals surface area contributed by atoms with Gasteiger partial charge in [-0.15, -0.1) is 11.3 Å². The van der Waals surface area contributed by atoms with Gasteiger partial charge in [-0.25, -0.2) is 8.42 Å². The van der Waals surface area contributed by atoms with Crippen LogP contribution in [0.3, 0.4) is 0 Å². The van der Waals surface area contributed by atoms with E-state index in [1.54, 1.807) is 29.5 Å². The second-order valence-electron chi connectivity index (χ2n) is 7.07. The molecule has 0 aliphatic heterocycles. The minimum absolute atomic E-state index is 0.135. The number of hydrogen-bond donors (Lipinski definition) is 1. The van der Waals surface area contributed by atoms with Crippen molar-refractivity contribution in [2.45, 2.75) is 24.8 Å². The zero-order valence-corrected chi connectivity index (χ0v) is 17.8. The van der Waals surface area contributed by atoms with Gasteiger partial charge < -0.3 is 5.32 Å². The molecule has 0 fully saturated rings. The van der Waals surface area contributed by atoms with Crippen LogP contribution < -0.4 is 5.32 Å². The molecule has 3 rings (SSSR count). The van der Waals surface area contributed by atoms with Gasteiger partial charge in [0, 0.05) is 11.9 Å². The van der Waals surface area contributed by atoms with Crippen LogP contribution >= 0.6 is 11.3 Å². The molecule has 0 unspecified atom stereocenters. The molecule has 1 N–H and O–H groups in total. The van der Waals surface area contributed by atoms with E-state index in [1.807, 2.05) is 55.6 Å². The number of likely N-dealkylation sites (N-methyl/N-ethyl adjacent to an activating group) is 1. The normalized spacial score (nSPS) is 13.2. The van der Waals surface area contributed by atoms with Gasteiger partial charge in [0.15, 0.2) is 0 Å². The summed E-state index contributed by atoms with van der Waals surface area (Å²) in [5, 5.41) is 6.75. The van der Waals surface area contributed by atoms with Gasteiger partial charge in [-0.05, 0) is 40.3 Å². The first-order valence-corrected chi connectivity index (χ1v) is 11.4. The van der Waals surface area contributed by atoms with E-state index in [0.717, 1.165) is 20.0 Å². The summed E-state index contributed by atoms with van der Waals surface area (Å²) in [6.45, 7) is 3.82. The Kier molecular flexibility index (Phi) is 6.17. The molecule has 28 heavy (non-hydrogen) atoms. The third-order valence-corrected chi connectivity index (χ3v) is 7.38. The molecule has 1 atom stereocenters. The fourth-order valence-electron chi connectivity index (χ4n) is 3.05. The number of nitrogens with one attached hydrogen (secondary N) is 1. The fraction of sp³-hybridized carbons (Fsp3) is 0.286. The minimum atomic E-state index is -3.76.